The Morgan fingerprint density at radius 2 is 2.13 bits per heavy atom. The molecule has 3 rings (SSSR count). The van der Waals surface area contributed by atoms with Crippen LogP contribution in [0.4, 0.5) is 0 Å². The summed E-state index contributed by atoms with van der Waals surface area (Å²) in [6, 6.07) is 0.609. The molecule has 0 saturated heterocycles. The summed E-state index contributed by atoms with van der Waals surface area (Å²) >= 11 is 0. The molecule has 4 heteroatoms. The molecule has 1 N–H and O–H groups in total. The first-order valence-electron chi connectivity index (χ1n) is 5.22. The summed E-state index contributed by atoms with van der Waals surface area (Å²) in [5.41, 5.74) is 4.66. The lowest BCUT2D eigenvalue weighted by Crippen LogP contribution is -2.28. The van der Waals surface area contributed by atoms with Gasteiger partial charge in [0.2, 0.25) is 0 Å². The van der Waals surface area contributed by atoms with Crippen LogP contribution in [-0.4, -0.2) is 40.0 Å². The summed E-state index contributed by atoms with van der Waals surface area (Å²) in [6.45, 7) is 0. The van der Waals surface area contributed by atoms with Gasteiger partial charge in [0, 0.05) is 37.5 Å². The molecule has 0 radical (unpaired) electrons. The topological polar surface area (TPSA) is 44.8 Å². The Morgan fingerprint density at radius 1 is 1.33 bits per heavy atom. The fourth-order valence-corrected chi connectivity index (χ4v) is 2.31. The van der Waals surface area contributed by atoms with Crippen LogP contribution in [0.2, 0.25) is 0 Å². The Hall–Kier alpha value is -1.42. The standard InChI is InChI=1S/C11H14N4.H2/c1-15(2)7-5-8-9(6-7)14-11-10(8)12-3-4-13-11;/h3-4,7H,5-6H2,1-2H3,(H,13,14);1H/t7-;/m0./s1. The highest BCUT2D eigenvalue weighted by atomic mass is 15.1. The van der Waals surface area contributed by atoms with Gasteiger partial charge in [-0.15, -0.1) is 0 Å². The van der Waals surface area contributed by atoms with Crippen LogP contribution in [0, 0.1) is 0 Å². The number of aromatic nitrogens is 3. The van der Waals surface area contributed by atoms with Gasteiger partial charge in [0.25, 0.3) is 0 Å². The lowest BCUT2D eigenvalue weighted by Gasteiger charge is -2.17. The average molecular weight is 204 g/mol. The molecule has 0 aliphatic heterocycles. The van der Waals surface area contributed by atoms with Crippen LogP contribution in [0.25, 0.3) is 11.2 Å². The number of nitrogens with zero attached hydrogens (tertiary/aromatic N) is 3. The molecule has 2 aromatic heterocycles. The van der Waals surface area contributed by atoms with Crippen LogP contribution in [0.1, 0.15) is 12.7 Å². The number of fused-ring (bicyclic) bond motifs is 3. The zero-order chi connectivity index (χ0) is 10.4. The van der Waals surface area contributed by atoms with Gasteiger partial charge in [-0.05, 0) is 20.5 Å². The van der Waals surface area contributed by atoms with Crippen LogP contribution in [0.15, 0.2) is 12.4 Å². The molecule has 1 aliphatic carbocycles. The molecule has 0 amide bonds. The molecule has 2 aromatic rings. The van der Waals surface area contributed by atoms with Crippen LogP contribution >= 0.6 is 0 Å². The van der Waals surface area contributed by atoms with E-state index < -0.39 is 0 Å². The van der Waals surface area contributed by atoms with Gasteiger partial charge in [0.15, 0.2) is 5.65 Å². The van der Waals surface area contributed by atoms with E-state index in [1.807, 2.05) is 0 Å². The van der Waals surface area contributed by atoms with E-state index in [1.165, 1.54) is 11.3 Å². The molecular formula is C11H16N4. The molecule has 0 unspecified atom stereocenters. The normalized spacial score (nSPS) is 20.1. The molecule has 0 spiro atoms. The first-order chi connectivity index (χ1) is 7.25. The third-order valence-electron chi connectivity index (χ3n) is 3.23. The molecule has 15 heavy (non-hydrogen) atoms. The Bertz CT molecular complexity index is 506. The van der Waals surface area contributed by atoms with Gasteiger partial charge in [-0.2, -0.15) is 0 Å². The second-order valence-corrected chi connectivity index (χ2v) is 4.36. The number of hydrogen-bond acceptors (Lipinski definition) is 3. The maximum Gasteiger partial charge on any atom is 0.156 e. The van der Waals surface area contributed by atoms with Gasteiger partial charge in [-0.1, -0.05) is 0 Å². The molecule has 0 bridgehead atoms. The van der Waals surface area contributed by atoms with Crippen molar-refractivity contribution in [2.75, 3.05) is 14.1 Å². The van der Waals surface area contributed by atoms with E-state index in [1.54, 1.807) is 12.4 Å². The third-order valence-corrected chi connectivity index (χ3v) is 3.23. The van der Waals surface area contributed by atoms with Crippen molar-refractivity contribution in [2.45, 2.75) is 18.9 Å². The number of rotatable bonds is 1. The van der Waals surface area contributed by atoms with E-state index in [0.29, 0.717) is 6.04 Å². The zero-order valence-electron chi connectivity index (χ0n) is 8.99. The van der Waals surface area contributed by atoms with Crippen molar-refractivity contribution in [1.29, 1.82) is 0 Å². The van der Waals surface area contributed by atoms with E-state index in [0.717, 1.165) is 24.0 Å². The predicted molar refractivity (Wildman–Crippen MR) is 60.9 cm³/mol. The first kappa shape index (κ1) is 8.85. The second-order valence-electron chi connectivity index (χ2n) is 4.36. The summed E-state index contributed by atoms with van der Waals surface area (Å²) < 4.78 is 0. The average Bonchev–Trinajstić information content (AvgIpc) is 2.73. The number of likely N-dealkylation sites (N-methyl/N-ethyl adjacent to an activating group) is 1. The van der Waals surface area contributed by atoms with Gasteiger partial charge in [0.1, 0.15) is 5.52 Å². The van der Waals surface area contributed by atoms with Crippen molar-refractivity contribution in [3.8, 4) is 0 Å². The molecule has 0 fully saturated rings. The SMILES string of the molecule is CN(C)[C@@H]1Cc2[nH]c3nccnc3c2C1.[HH]. The van der Waals surface area contributed by atoms with Crippen molar-refractivity contribution < 1.29 is 1.43 Å². The Balaban J connectivity index is 0.000000963. The first-order valence-corrected chi connectivity index (χ1v) is 5.22. The molecular weight excluding hydrogens is 188 g/mol. The monoisotopic (exact) mass is 204 g/mol. The number of hydrogen-bond donors (Lipinski definition) is 1. The fraction of sp³-hybridized carbons (Fsp3) is 0.455. The Labute approximate surface area is 89.8 Å². The predicted octanol–water partition coefficient (Wildman–Crippen LogP) is 1.23. The highest BCUT2D eigenvalue weighted by Crippen LogP contribution is 2.29. The molecule has 0 saturated carbocycles. The van der Waals surface area contributed by atoms with Gasteiger partial charge in [-0.3, -0.25) is 4.98 Å². The van der Waals surface area contributed by atoms with Crippen LogP contribution in [0.5, 0.6) is 0 Å². The van der Waals surface area contributed by atoms with E-state index in [2.05, 4.69) is 33.9 Å². The maximum atomic E-state index is 4.39. The second kappa shape index (κ2) is 3.03. The Morgan fingerprint density at radius 3 is 2.93 bits per heavy atom. The van der Waals surface area contributed by atoms with Crippen molar-refractivity contribution in [3.05, 3.63) is 23.7 Å². The highest BCUT2D eigenvalue weighted by Gasteiger charge is 2.27. The lowest BCUT2D eigenvalue weighted by atomic mass is 10.2. The minimum absolute atomic E-state index is 0. The molecule has 1 atom stereocenters. The van der Waals surface area contributed by atoms with E-state index >= 15 is 0 Å². The quantitative estimate of drug-likeness (QED) is 0.760. The van der Waals surface area contributed by atoms with Crippen LogP contribution < -0.4 is 0 Å². The fourth-order valence-electron chi connectivity index (χ4n) is 2.31. The molecule has 80 valence electrons. The number of aromatic amines is 1. The van der Waals surface area contributed by atoms with Crippen molar-refractivity contribution in [2.24, 2.45) is 0 Å². The zero-order valence-corrected chi connectivity index (χ0v) is 8.99. The summed E-state index contributed by atoms with van der Waals surface area (Å²) in [4.78, 5) is 14.3. The summed E-state index contributed by atoms with van der Waals surface area (Å²) in [5, 5.41) is 0. The summed E-state index contributed by atoms with van der Waals surface area (Å²) in [6.07, 6.45) is 5.66. The van der Waals surface area contributed by atoms with Gasteiger partial charge in [-0.25, -0.2) is 4.98 Å². The molecule has 4 nitrogen and oxygen atoms in total. The molecule has 0 aromatic carbocycles. The minimum Gasteiger partial charge on any atom is -0.342 e. The Kier molecular flexibility index (Phi) is 1.79. The van der Waals surface area contributed by atoms with E-state index in [4.69, 9.17) is 0 Å². The number of H-pyrrole nitrogens is 1. The molecule has 2 heterocycles. The number of nitrogens with one attached hydrogen (secondary N) is 1. The van der Waals surface area contributed by atoms with Crippen molar-refractivity contribution in [1.82, 2.24) is 19.9 Å². The van der Waals surface area contributed by atoms with Gasteiger partial charge >= 0.3 is 0 Å². The lowest BCUT2D eigenvalue weighted by molar-refractivity contribution is 0.303. The van der Waals surface area contributed by atoms with Crippen molar-refractivity contribution in [3.63, 3.8) is 0 Å². The minimum atomic E-state index is 0. The van der Waals surface area contributed by atoms with Crippen molar-refractivity contribution >= 4 is 11.2 Å². The van der Waals surface area contributed by atoms with E-state index in [9.17, 15) is 0 Å². The molecule has 1 aliphatic rings. The smallest absolute Gasteiger partial charge is 0.156 e. The largest absolute Gasteiger partial charge is 0.342 e. The highest BCUT2D eigenvalue weighted by molar-refractivity contribution is 5.77. The third kappa shape index (κ3) is 1.25. The van der Waals surface area contributed by atoms with Gasteiger partial charge in [0.05, 0.1) is 0 Å². The van der Waals surface area contributed by atoms with Gasteiger partial charge < -0.3 is 9.88 Å². The summed E-state index contributed by atoms with van der Waals surface area (Å²) in [7, 11) is 4.26. The maximum absolute atomic E-state index is 4.39. The summed E-state index contributed by atoms with van der Waals surface area (Å²) in [5.74, 6) is 0. The van der Waals surface area contributed by atoms with E-state index in [-0.39, 0.29) is 1.43 Å². The van der Waals surface area contributed by atoms with Crippen LogP contribution in [0.3, 0.4) is 0 Å². The van der Waals surface area contributed by atoms with Crippen LogP contribution in [-0.2, 0) is 12.8 Å².